The largest absolute Gasteiger partial charge is 0.417 e. The van der Waals surface area contributed by atoms with Crippen molar-refractivity contribution in [3.05, 3.63) is 81.9 Å². The van der Waals surface area contributed by atoms with Gasteiger partial charge in [0.25, 0.3) is 10.0 Å². The van der Waals surface area contributed by atoms with E-state index in [9.17, 15) is 21.6 Å². The van der Waals surface area contributed by atoms with E-state index in [1.165, 1.54) is 25.6 Å². The Kier molecular flexibility index (Phi) is 7.23. The fourth-order valence-electron chi connectivity index (χ4n) is 3.38. The van der Waals surface area contributed by atoms with Gasteiger partial charge in [-0.1, -0.05) is 23.2 Å². The number of aromatic nitrogens is 3. The number of H-pyrrole nitrogens is 1. The summed E-state index contributed by atoms with van der Waals surface area (Å²) >= 11 is 11.7. The predicted octanol–water partition coefficient (Wildman–Crippen LogP) is 5.53. The lowest BCUT2D eigenvalue weighted by molar-refractivity contribution is -0.137. The zero-order valence-electron chi connectivity index (χ0n) is 18.3. The third kappa shape index (κ3) is 5.31. The van der Waals surface area contributed by atoms with Crippen LogP contribution in [0.15, 0.2) is 64.9 Å². The van der Waals surface area contributed by atoms with Crippen LogP contribution in [0.25, 0.3) is 11.0 Å². The number of halogens is 5. The summed E-state index contributed by atoms with van der Waals surface area (Å²) in [5.41, 5.74) is 0.0184. The lowest BCUT2D eigenvalue weighted by atomic mass is 10.0. The second-order valence-corrected chi connectivity index (χ2v) is 9.84. The molecular formula is C22H16Cl2F3N5O3S. The summed E-state index contributed by atoms with van der Waals surface area (Å²) in [6, 6.07) is 6.97. The third-order valence-electron chi connectivity index (χ3n) is 4.94. The number of anilines is 1. The topological polar surface area (TPSA) is 109 Å². The minimum Gasteiger partial charge on any atom is -0.363 e. The molecule has 0 bridgehead atoms. The number of aromatic amines is 1. The SMILES string of the molecule is COC/N=C(/c1ncc(Cl)cc1NS(=O)(=O)c1ccc(Cl)c(C(F)(F)F)c1)c1ccnc2[nH]ccc12. The van der Waals surface area contributed by atoms with Crippen molar-refractivity contribution in [1.29, 1.82) is 0 Å². The summed E-state index contributed by atoms with van der Waals surface area (Å²) in [5, 5.41) is 0.121. The maximum atomic E-state index is 13.3. The van der Waals surface area contributed by atoms with E-state index in [4.69, 9.17) is 27.9 Å². The molecule has 188 valence electrons. The van der Waals surface area contributed by atoms with Gasteiger partial charge < -0.3 is 9.72 Å². The maximum absolute atomic E-state index is 13.3. The van der Waals surface area contributed by atoms with Crippen molar-refractivity contribution in [1.82, 2.24) is 15.0 Å². The number of methoxy groups -OCH3 is 1. The molecule has 8 nitrogen and oxygen atoms in total. The zero-order valence-corrected chi connectivity index (χ0v) is 20.6. The van der Waals surface area contributed by atoms with Crippen LogP contribution < -0.4 is 4.72 Å². The fraction of sp³-hybridized carbons (Fsp3) is 0.136. The van der Waals surface area contributed by atoms with Gasteiger partial charge in [-0.2, -0.15) is 13.2 Å². The van der Waals surface area contributed by atoms with Gasteiger partial charge in [-0.3, -0.25) is 14.7 Å². The van der Waals surface area contributed by atoms with Gasteiger partial charge in [0.05, 0.1) is 31.9 Å². The first kappa shape index (κ1) is 25.9. The van der Waals surface area contributed by atoms with E-state index in [2.05, 4.69) is 24.7 Å². The highest BCUT2D eigenvalue weighted by Crippen LogP contribution is 2.36. The summed E-state index contributed by atoms with van der Waals surface area (Å²) in [4.78, 5) is 15.2. The van der Waals surface area contributed by atoms with E-state index < -0.39 is 31.7 Å². The molecule has 0 aliphatic carbocycles. The molecule has 0 saturated carbocycles. The first-order valence-electron chi connectivity index (χ1n) is 10.0. The highest BCUT2D eigenvalue weighted by molar-refractivity contribution is 7.92. The van der Waals surface area contributed by atoms with Gasteiger partial charge in [-0.25, -0.2) is 13.4 Å². The van der Waals surface area contributed by atoms with Crippen molar-refractivity contribution in [2.75, 3.05) is 18.6 Å². The molecule has 0 atom stereocenters. The minimum absolute atomic E-state index is 0.0683. The predicted molar refractivity (Wildman–Crippen MR) is 130 cm³/mol. The van der Waals surface area contributed by atoms with Gasteiger partial charge in [0.1, 0.15) is 18.1 Å². The molecular weight excluding hydrogens is 542 g/mol. The van der Waals surface area contributed by atoms with Crippen LogP contribution in [-0.4, -0.2) is 42.9 Å². The van der Waals surface area contributed by atoms with Crippen LogP contribution in [0.4, 0.5) is 18.9 Å². The normalized spacial score (nSPS) is 12.8. The molecule has 0 aliphatic rings. The van der Waals surface area contributed by atoms with Crippen LogP contribution in [0.5, 0.6) is 0 Å². The number of hydrogen-bond acceptors (Lipinski definition) is 6. The van der Waals surface area contributed by atoms with Gasteiger partial charge in [0.15, 0.2) is 0 Å². The lowest BCUT2D eigenvalue weighted by Gasteiger charge is -2.16. The molecule has 3 heterocycles. The molecule has 0 amide bonds. The Morgan fingerprint density at radius 1 is 1.17 bits per heavy atom. The van der Waals surface area contributed by atoms with Crippen molar-refractivity contribution in [2.24, 2.45) is 4.99 Å². The Labute approximate surface area is 213 Å². The van der Waals surface area contributed by atoms with E-state index in [-0.39, 0.29) is 28.8 Å². The molecule has 0 unspecified atom stereocenters. The fourth-order valence-corrected chi connectivity index (χ4v) is 4.85. The van der Waals surface area contributed by atoms with E-state index in [1.54, 1.807) is 18.3 Å². The number of aliphatic imine (C=N–C) groups is 1. The van der Waals surface area contributed by atoms with Crippen LogP contribution in [0.2, 0.25) is 10.0 Å². The average Bonchev–Trinajstić information content (AvgIpc) is 3.29. The monoisotopic (exact) mass is 557 g/mol. The number of sulfonamides is 1. The molecule has 0 saturated heterocycles. The lowest BCUT2D eigenvalue weighted by Crippen LogP contribution is -2.19. The second kappa shape index (κ2) is 10.1. The zero-order chi connectivity index (χ0) is 26.1. The Morgan fingerprint density at radius 2 is 1.94 bits per heavy atom. The molecule has 36 heavy (non-hydrogen) atoms. The summed E-state index contributed by atoms with van der Waals surface area (Å²) in [5.74, 6) is 0. The second-order valence-electron chi connectivity index (χ2n) is 7.32. The average molecular weight is 558 g/mol. The molecule has 4 aromatic rings. The van der Waals surface area contributed by atoms with Crippen LogP contribution in [0, 0.1) is 0 Å². The Bertz CT molecular complexity index is 1570. The maximum Gasteiger partial charge on any atom is 0.417 e. The van der Waals surface area contributed by atoms with Crippen molar-refractivity contribution in [3.63, 3.8) is 0 Å². The first-order chi connectivity index (χ1) is 17.0. The van der Waals surface area contributed by atoms with Crippen molar-refractivity contribution in [2.45, 2.75) is 11.1 Å². The van der Waals surface area contributed by atoms with Crippen LogP contribution in [0.3, 0.4) is 0 Å². The van der Waals surface area contributed by atoms with Crippen LogP contribution in [0.1, 0.15) is 16.8 Å². The number of benzene rings is 1. The summed E-state index contributed by atoms with van der Waals surface area (Å²) in [6.45, 7) is -0.0911. The van der Waals surface area contributed by atoms with Gasteiger partial charge in [-0.05, 0) is 36.4 Å². The number of fused-ring (bicyclic) bond motifs is 1. The molecule has 14 heteroatoms. The molecule has 3 aromatic heterocycles. The van der Waals surface area contributed by atoms with Gasteiger partial charge in [0.2, 0.25) is 0 Å². The smallest absolute Gasteiger partial charge is 0.363 e. The highest BCUT2D eigenvalue weighted by Gasteiger charge is 2.34. The van der Waals surface area contributed by atoms with Crippen molar-refractivity contribution in [3.8, 4) is 0 Å². The number of alkyl halides is 3. The number of rotatable bonds is 7. The summed E-state index contributed by atoms with van der Waals surface area (Å²) in [6.07, 6.45) is -0.360. The van der Waals surface area contributed by atoms with E-state index >= 15 is 0 Å². The molecule has 4 rings (SSSR count). The van der Waals surface area contributed by atoms with Crippen LogP contribution >= 0.6 is 23.2 Å². The number of pyridine rings is 2. The van der Waals surface area contributed by atoms with Gasteiger partial charge in [-0.15, -0.1) is 0 Å². The number of ether oxygens (including phenoxy) is 1. The molecule has 1 aromatic carbocycles. The number of nitrogens with zero attached hydrogens (tertiary/aromatic N) is 3. The van der Waals surface area contributed by atoms with E-state index in [1.807, 2.05) is 0 Å². The number of hydrogen-bond donors (Lipinski definition) is 2. The Hall–Kier alpha value is -3.19. The number of nitrogens with one attached hydrogen (secondary N) is 2. The standard InChI is InChI=1S/C22H16Cl2F3N5O3S/c1-35-11-31-19(14-4-6-28-21-15(14)5-7-29-21)20-18(8-12(23)10-30-20)32-36(33,34)13-2-3-17(24)16(9-13)22(25,26)27/h2-10,32H,11H2,1H3,(H,28,29)/b31-19+. The summed E-state index contributed by atoms with van der Waals surface area (Å²) in [7, 11) is -3.10. The van der Waals surface area contributed by atoms with Gasteiger partial charge >= 0.3 is 6.18 Å². The summed E-state index contributed by atoms with van der Waals surface area (Å²) < 4.78 is 73.5. The Balaban J connectivity index is 1.84. The van der Waals surface area contributed by atoms with Crippen molar-refractivity contribution >= 4 is 55.7 Å². The third-order valence-corrected chi connectivity index (χ3v) is 6.84. The first-order valence-corrected chi connectivity index (χ1v) is 12.3. The van der Waals surface area contributed by atoms with Crippen molar-refractivity contribution < 1.29 is 26.3 Å². The Morgan fingerprint density at radius 3 is 2.67 bits per heavy atom. The van der Waals surface area contributed by atoms with Gasteiger partial charge in [0, 0.05) is 36.7 Å². The molecule has 0 radical (unpaired) electrons. The minimum atomic E-state index is -4.85. The molecule has 0 spiro atoms. The van der Waals surface area contributed by atoms with E-state index in [0.29, 0.717) is 22.7 Å². The quantitative estimate of drug-likeness (QED) is 0.290. The van der Waals surface area contributed by atoms with E-state index in [0.717, 1.165) is 12.1 Å². The van der Waals surface area contributed by atoms with Crippen LogP contribution in [-0.2, 0) is 20.9 Å². The molecule has 0 fully saturated rings. The molecule has 0 aliphatic heterocycles. The highest BCUT2D eigenvalue weighted by atomic mass is 35.5. The molecule has 2 N–H and O–H groups in total.